The van der Waals surface area contributed by atoms with Crippen molar-refractivity contribution in [1.29, 1.82) is 0 Å². The fourth-order valence-electron chi connectivity index (χ4n) is 2.45. The quantitative estimate of drug-likeness (QED) is 0.409. The van der Waals surface area contributed by atoms with E-state index in [2.05, 4.69) is 73.4 Å². The summed E-state index contributed by atoms with van der Waals surface area (Å²) in [4.78, 5) is 8.61. The highest BCUT2D eigenvalue weighted by Crippen LogP contribution is 2.22. The van der Waals surface area contributed by atoms with Gasteiger partial charge in [-0.2, -0.15) is 0 Å². The Morgan fingerprint density at radius 2 is 1.96 bits per heavy atom. The van der Waals surface area contributed by atoms with E-state index < -0.39 is 0 Å². The zero-order chi connectivity index (χ0) is 17.7. The van der Waals surface area contributed by atoms with Crippen LogP contribution in [0.4, 0.5) is 0 Å². The number of hydrogen-bond donors (Lipinski definition) is 2. The topological polar surface area (TPSA) is 62.5 Å². The zero-order valence-corrected chi connectivity index (χ0v) is 18.2. The van der Waals surface area contributed by atoms with Gasteiger partial charge in [0.2, 0.25) is 5.89 Å². The Bertz CT molecular complexity index is 703. The molecule has 138 valence electrons. The highest BCUT2D eigenvalue weighted by molar-refractivity contribution is 14.0. The first-order chi connectivity index (χ1) is 11.3. The van der Waals surface area contributed by atoms with Gasteiger partial charge < -0.3 is 15.1 Å². The molecular weight excluding hydrogens is 427 g/mol. The van der Waals surface area contributed by atoms with Crippen LogP contribution in [0.25, 0.3) is 0 Å². The van der Waals surface area contributed by atoms with Crippen LogP contribution in [-0.2, 0) is 12.0 Å². The lowest BCUT2D eigenvalue weighted by Gasteiger charge is -2.19. The number of nitrogens with zero attached hydrogens (tertiary/aromatic N) is 2. The normalized spacial score (nSPS) is 13.1. The molecule has 0 saturated heterocycles. The van der Waals surface area contributed by atoms with Gasteiger partial charge in [0.05, 0.1) is 18.8 Å². The third kappa shape index (κ3) is 6.02. The number of halogens is 1. The van der Waals surface area contributed by atoms with Crippen LogP contribution in [0.15, 0.2) is 39.9 Å². The van der Waals surface area contributed by atoms with Crippen LogP contribution in [0.1, 0.15) is 56.5 Å². The maximum Gasteiger partial charge on any atom is 0.213 e. The van der Waals surface area contributed by atoms with Crippen LogP contribution in [0.2, 0.25) is 0 Å². The Hall–Kier alpha value is -1.57. The largest absolute Gasteiger partial charge is 0.443 e. The fraction of sp³-hybridized carbons (Fsp3) is 0.474. The predicted molar refractivity (Wildman–Crippen MR) is 114 cm³/mol. The smallest absolute Gasteiger partial charge is 0.213 e. The second-order valence-corrected chi connectivity index (χ2v) is 7.02. The number of aromatic nitrogens is 1. The molecule has 1 aromatic heterocycles. The van der Waals surface area contributed by atoms with Gasteiger partial charge in [-0.1, -0.05) is 45.0 Å². The Labute approximate surface area is 167 Å². The van der Waals surface area contributed by atoms with E-state index in [4.69, 9.17) is 4.42 Å². The van der Waals surface area contributed by atoms with Crippen LogP contribution in [0, 0.1) is 6.92 Å². The molecule has 25 heavy (non-hydrogen) atoms. The summed E-state index contributed by atoms with van der Waals surface area (Å²) in [7, 11) is 1.76. The van der Waals surface area contributed by atoms with Gasteiger partial charge in [-0.3, -0.25) is 4.99 Å². The van der Waals surface area contributed by atoms with Crippen molar-refractivity contribution in [2.24, 2.45) is 4.99 Å². The third-order valence-corrected chi connectivity index (χ3v) is 3.93. The molecule has 0 saturated carbocycles. The van der Waals surface area contributed by atoms with Crippen molar-refractivity contribution in [3.8, 4) is 0 Å². The molecule has 0 bridgehead atoms. The van der Waals surface area contributed by atoms with Gasteiger partial charge >= 0.3 is 0 Å². The van der Waals surface area contributed by atoms with Crippen molar-refractivity contribution in [2.75, 3.05) is 7.05 Å². The Morgan fingerprint density at radius 1 is 1.28 bits per heavy atom. The summed E-state index contributed by atoms with van der Waals surface area (Å²) >= 11 is 0. The number of nitrogens with one attached hydrogen (secondary N) is 2. The molecule has 0 fully saturated rings. The number of rotatable bonds is 4. The standard InChI is InChI=1S/C19H28N4O.HI/c1-13-9-7-8-10-15(13)14(2)23-18(20-6)22-12-17-21-11-16(24-17)19(3,4)5;/h7-11,14H,12H2,1-6H3,(H2,20,22,23);1H. The summed E-state index contributed by atoms with van der Waals surface area (Å²) in [5, 5.41) is 6.65. The van der Waals surface area contributed by atoms with E-state index >= 15 is 0 Å². The SMILES string of the molecule is CN=C(NCc1ncc(C(C)(C)C)o1)NC(C)c1ccccc1C.I. The molecule has 0 radical (unpaired) electrons. The lowest BCUT2D eigenvalue weighted by molar-refractivity contribution is 0.379. The summed E-state index contributed by atoms with van der Waals surface area (Å²) in [5.41, 5.74) is 2.48. The van der Waals surface area contributed by atoms with E-state index in [0.29, 0.717) is 12.4 Å². The van der Waals surface area contributed by atoms with E-state index in [-0.39, 0.29) is 35.4 Å². The number of aliphatic imine (C=N–C) groups is 1. The minimum absolute atomic E-state index is 0. The minimum Gasteiger partial charge on any atom is -0.443 e. The minimum atomic E-state index is -0.0372. The molecule has 1 atom stereocenters. The number of guanidine groups is 1. The molecule has 6 heteroatoms. The molecule has 0 spiro atoms. The predicted octanol–water partition coefficient (Wildman–Crippen LogP) is 4.32. The number of benzene rings is 1. The Balaban J connectivity index is 0.00000312. The van der Waals surface area contributed by atoms with Crippen molar-refractivity contribution in [1.82, 2.24) is 15.6 Å². The zero-order valence-electron chi connectivity index (χ0n) is 15.9. The van der Waals surface area contributed by atoms with Gasteiger partial charge in [-0.15, -0.1) is 24.0 Å². The van der Waals surface area contributed by atoms with Crippen molar-refractivity contribution >= 4 is 29.9 Å². The van der Waals surface area contributed by atoms with E-state index in [1.165, 1.54) is 11.1 Å². The van der Waals surface area contributed by atoms with Gasteiger partial charge in [0.15, 0.2) is 5.96 Å². The van der Waals surface area contributed by atoms with E-state index in [0.717, 1.165) is 11.7 Å². The molecule has 2 aromatic rings. The lowest BCUT2D eigenvalue weighted by Crippen LogP contribution is -2.38. The van der Waals surface area contributed by atoms with Crippen LogP contribution >= 0.6 is 24.0 Å². The Kier molecular flexibility index (Phi) is 7.92. The number of hydrogen-bond acceptors (Lipinski definition) is 3. The third-order valence-electron chi connectivity index (χ3n) is 3.93. The second-order valence-electron chi connectivity index (χ2n) is 7.02. The molecule has 1 aromatic carbocycles. The maximum absolute atomic E-state index is 5.80. The van der Waals surface area contributed by atoms with Crippen molar-refractivity contribution in [3.63, 3.8) is 0 Å². The van der Waals surface area contributed by atoms with Crippen LogP contribution < -0.4 is 10.6 Å². The van der Waals surface area contributed by atoms with Crippen LogP contribution in [-0.4, -0.2) is 18.0 Å². The van der Waals surface area contributed by atoms with Crippen molar-refractivity contribution in [3.05, 3.63) is 53.2 Å². The Morgan fingerprint density at radius 3 is 2.52 bits per heavy atom. The van der Waals surface area contributed by atoms with Gasteiger partial charge in [0, 0.05) is 12.5 Å². The first kappa shape index (κ1) is 21.5. The fourth-order valence-corrected chi connectivity index (χ4v) is 2.45. The summed E-state index contributed by atoms with van der Waals surface area (Å²) in [5.74, 6) is 2.27. The second kappa shape index (κ2) is 9.22. The van der Waals surface area contributed by atoms with Crippen molar-refractivity contribution < 1.29 is 4.42 Å². The van der Waals surface area contributed by atoms with Crippen molar-refractivity contribution in [2.45, 2.75) is 52.6 Å². The summed E-state index contributed by atoms with van der Waals surface area (Å²) in [6.45, 7) is 11.1. The summed E-state index contributed by atoms with van der Waals surface area (Å²) in [6, 6.07) is 8.51. The van der Waals surface area contributed by atoms with E-state index in [1.54, 1.807) is 13.2 Å². The van der Waals surface area contributed by atoms with E-state index in [9.17, 15) is 0 Å². The maximum atomic E-state index is 5.80. The molecular formula is C19H29IN4O. The molecule has 0 aliphatic heterocycles. The highest BCUT2D eigenvalue weighted by Gasteiger charge is 2.19. The number of aryl methyl sites for hydroxylation is 1. The molecule has 0 amide bonds. The molecule has 0 aliphatic carbocycles. The molecule has 0 aliphatic rings. The van der Waals surface area contributed by atoms with Gasteiger partial charge in [0.25, 0.3) is 0 Å². The monoisotopic (exact) mass is 456 g/mol. The molecule has 2 rings (SSSR count). The first-order valence-electron chi connectivity index (χ1n) is 8.29. The number of oxazole rings is 1. The summed E-state index contributed by atoms with van der Waals surface area (Å²) in [6.07, 6.45) is 1.79. The summed E-state index contributed by atoms with van der Waals surface area (Å²) < 4.78 is 5.80. The highest BCUT2D eigenvalue weighted by atomic mass is 127. The van der Waals surface area contributed by atoms with E-state index in [1.807, 2.05) is 6.07 Å². The average Bonchev–Trinajstić information content (AvgIpc) is 3.00. The average molecular weight is 456 g/mol. The molecule has 2 N–H and O–H groups in total. The molecule has 5 nitrogen and oxygen atoms in total. The van der Waals surface area contributed by atoms with Gasteiger partial charge in [-0.25, -0.2) is 4.98 Å². The molecule has 1 unspecified atom stereocenters. The van der Waals surface area contributed by atoms with Gasteiger partial charge in [-0.05, 0) is 25.0 Å². The molecule has 1 heterocycles. The van der Waals surface area contributed by atoms with Crippen LogP contribution in [0.3, 0.4) is 0 Å². The lowest BCUT2D eigenvalue weighted by atomic mass is 9.94. The first-order valence-corrected chi connectivity index (χ1v) is 8.29. The van der Waals surface area contributed by atoms with Gasteiger partial charge in [0.1, 0.15) is 5.76 Å². The van der Waals surface area contributed by atoms with Crippen LogP contribution in [0.5, 0.6) is 0 Å².